The standard InChI is InChI=1S/C14H15N3O5S/c1-16(10-11-5-7-15-8-6-11)23(20,21)14-4-3-12(22-2)9-13(14)17(18)19/h3-9H,10H2,1-2H3. The van der Waals surface area contributed by atoms with Crippen molar-refractivity contribution in [3.8, 4) is 5.75 Å². The molecule has 2 aromatic rings. The van der Waals surface area contributed by atoms with E-state index in [9.17, 15) is 18.5 Å². The fourth-order valence-electron chi connectivity index (χ4n) is 1.98. The van der Waals surface area contributed by atoms with Crippen LogP contribution in [-0.4, -0.2) is 36.8 Å². The predicted molar refractivity (Wildman–Crippen MR) is 82.5 cm³/mol. The van der Waals surface area contributed by atoms with Crippen LogP contribution in [-0.2, 0) is 16.6 Å². The first-order valence-electron chi connectivity index (χ1n) is 6.54. The predicted octanol–water partition coefficient (Wildman–Crippen LogP) is 1.82. The zero-order chi connectivity index (χ0) is 17.0. The molecule has 0 fully saturated rings. The molecule has 0 aliphatic rings. The van der Waals surface area contributed by atoms with Crippen molar-refractivity contribution in [1.29, 1.82) is 0 Å². The van der Waals surface area contributed by atoms with Crippen LogP contribution in [0.3, 0.4) is 0 Å². The SMILES string of the molecule is COc1ccc(S(=O)(=O)N(C)Cc2ccncc2)c([N+](=O)[O-])c1. The summed E-state index contributed by atoms with van der Waals surface area (Å²) in [7, 11) is -1.31. The second-order valence-electron chi connectivity index (χ2n) is 4.71. The van der Waals surface area contributed by atoms with Gasteiger partial charge < -0.3 is 4.74 Å². The van der Waals surface area contributed by atoms with Crippen LogP contribution in [0.5, 0.6) is 5.75 Å². The summed E-state index contributed by atoms with van der Waals surface area (Å²) in [6.45, 7) is 0.0774. The van der Waals surface area contributed by atoms with E-state index in [0.717, 1.165) is 15.9 Å². The number of nitro groups is 1. The molecule has 23 heavy (non-hydrogen) atoms. The van der Waals surface area contributed by atoms with E-state index in [-0.39, 0.29) is 17.2 Å². The van der Waals surface area contributed by atoms with Crippen molar-refractivity contribution in [3.63, 3.8) is 0 Å². The molecule has 9 heteroatoms. The van der Waals surface area contributed by atoms with E-state index in [4.69, 9.17) is 4.74 Å². The van der Waals surface area contributed by atoms with E-state index in [0.29, 0.717) is 0 Å². The first-order chi connectivity index (χ1) is 10.9. The van der Waals surface area contributed by atoms with Crippen LogP contribution in [0.2, 0.25) is 0 Å². The maximum Gasteiger partial charge on any atom is 0.293 e. The van der Waals surface area contributed by atoms with Gasteiger partial charge in [-0.2, -0.15) is 4.31 Å². The fourth-order valence-corrected chi connectivity index (χ4v) is 3.28. The summed E-state index contributed by atoms with van der Waals surface area (Å²) in [6, 6.07) is 6.99. The molecule has 8 nitrogen and oxygen atoms in total. The number of pyridine rings is 1. The lowest BCUT2D eigenvalue weighted by molar-refractivity contribution is -0.387. The summed E-state index contributed by atoms with van der Waals surface area (Å²) in [5.41, 5.74) is 0.202. The van der Waals surface area contributed by atoms with Gasteiger partial charge >= 0.3 is 0 Å². The van der Waals surface area contributed by atoms with Crippen LogP contribution < -0.4 is 4.74 Å². The van der Waals surface area contributed by atoms with E-state index in [1.807, 2.05) is 0 Å². The Bertz CT molecular complexity index is 808. The number of hydrogen-bond donors (Lipinski definition) is 0. The molecule has 0 unspecified atom stereocenters. The summed E-state index contributed by atoms with van der Waals surface area (Å²) in [5, 5.41) is 11.2. The van der Waals surface area contributed by atoms with Crippen LogP contribution in [0.4, 0.5) is 5.69 Å². The minimum atomic E-state index is -4.02. The third-order valence-corrected chi connectivity index (χ3v) is 5.06. The topological polar surface area (TPSA) is 103 Å². The number of aromatic nitrogens is 1. The Morgan fingerprint density at radius 3 is 2.48 bits per heavy atom. The van der Waals surface area contributed by atoms with Gasteiger partial charge in [0.25, 0.3) is 5.69 Å². The van der Waals surface area contributed by atoms with Gasteiger partial charge in [0.15, 0.2) is 4.90 Å². The molecule has 0 aliphatic carbocycles. The molecular formula is C14H15N3O5S. The maximum absolute atomic E-state index is 12.6. The average Bonchev–Trinajstić information content (AvgIpc) is 2.55. The Kier molecular flexibility index (Phi) is 4.92. The number of sulfonamides is 1. The molecule has 122 valence electrons. The van der Waals surface area contributed by atoms with Gasteiger partial charge in [-0.15, -0.1) is 0 Å². The molecule has 1 aromatic carbocycles. The van der Waals surface area contributed by atoms with Gasteiger partial charge in [0.1, 0.15) is 5.75 Å². The molecule has 0 spiro atoms. The van der Waals surface area contributed by atoms with Gasteiger partial charge in [0, 0.05) is 26.0 Å². The molecule has 1 aromatic heterocycles. The molecule has 1 heterocycles. The summed E-state index contributed by atoms with van der Waals surface area (Å²) >= 11 is 0. The van der Waals surface area contributed by atoms with Crippen LogP contribution >= 0.6 is 0 Å². The minimum absolute atomic E-state index is 0.0774. The Hall–Kier alpha value is -2.52. The third kappa shape index (κ3) is 3.63. The zero-order valence-electron chi connectivity index (χ0n) is 12.5. The Morgan fingerprint density at radius 1 is 1.26 bits per heavy atom. The summed E-state index contributed by atoms with van der Waals surface area (Å²) in [5.74, 6) is 0.215. The van der Waals surface area contributed by atoms with Crippen molar-refractivity contribution in [2.45, 2.75) is 11.4 Å². The van der Waals surface area contributed by atoms with Gasteiger partial charge in [0.05, 0.1) is 18.1 Å². The highest BCUT2D eigenvalue weighted by atomic mass is 32.2. The first-order valence-corrected chi connectivity index (χ1v) is 7.98. The quantitative estimate of drug-likeness (QED) is 0.588. The highest BCUT2D eigenvalue weighted by Crippen LogP contribution is 2.30. The molecule has 0 bridgehead atoms. The lowest BCUT2D eigenvalue weighted by Crippen LogP contribution is -2.27. The van der Waals surface area contributed by atoms with Gasteiger partial charge in [-0.25, -0.2) is 8.42 Å². The van der Waals surface area contributed by atoms with Crippen molar-refractivity contribution in [2.24, 2.45) is 0 Å². The number of rotatable bonds is 6. The van der Waals surface area contributed by atoms with E-state index in [2.05, 4.69) is 4.98 Å². The minimum Gasteiger partial charge on any atom is -0.497 e. The molecule has 0 N–H and O–H groups in total. The Labute approximate surface area is 133 Å². The van der Waals surface area contributed by atoms with Crippen LogP contribution in [0, 0.1) is 10.1 Å². The van der Waals surface area contributed by atoms with Crippen LogP contribution in [0.25, 0.3) is 0 Å². The van der Waals surface area contributed by atoms with Gasteiger partial charge in [-0.1, -0.05) is 0 Å². The number of nitro benzene ring substituents is 1. The van der Waals surface area contributed by atoms with Crippen LogP contribution in [0.1, 0.15) is 5.56 Å². The van der Waals surface area contributed by atoms with Crippen molar-refractivity contribution in [2.75, 3.05) is 14.2 Å². The fraction of sp³-hybridized carbons (Fsp3) is 0.214. The highest BCUT2D eigenvalue weighted by Gasteiger charge is 2.30. The molecule has 2 rings (SSSR count). The molecule has 0 radical (unpaired) electrons. The number of nitrogens with zero attached hydrogens (tertiary/aromatic N) is 3. The van der Waals surface area contributed by atoms with Crippen molar-refractivity contribution in [3.05, 3.63) is 58.4 Å². The zero-order valence-corrected chi connectivity index (χ0v) is 13.4. The van der Waals surface area contributed by atoms with Gasteiger partial charge in [-0.05, 0) is 29.8 Å². The Morgan fingerprint density at radius 2 is 1.91 bits per heavy atom. The largest absolute Gasteiger partial charge is 0.497 e. The number of benzene rings is 1. The average molecular weight is 337 g/mol. The molecular weight excluding hydrogens is 322 g/mol. The van der Waals surface area contributed by atoms with Crippen molar-refractivity contribution < 1.29 is 18.1 Å². The third-order valence-electron chi connectivity index (χ3n) is 3.21. The first kappa shape index (κ1) is 16.8. The van der Waals surface area contributed by atoms with Crippen molar-refractivity contribution in [1.82, 2.24) is 9.29 Å². The number of ether oxygens (including phenoxy) is 1. The Balaban J connectivity index is 2.41. The van der Waals surface area contributed by atoms with E-state index >= 15 is 0 Å². The molecule has 0 aliphatic heterocycles. The molecule has 0 saturated heterocycles. The molecule has 0 atom stereocenters. The smallest absolute Gasteiger partial charge is 0.293 e. The van der Waals surface area contributed by atoms with Gasteiger partial charge in [-0.3, -0.25) is 15.1 Å². The van der Waals surface area contributed by atoms with E-state index in [1.165, 1.54) is 26.3 Å². The second kappa shape index (κ2) is 6.71. The van der Waals surface area contributed by atoms with Crippen molar-refractivity contribution >= 4 is 15.7 Å². The van der Waals surface area contributed by atoms with Crippen LogP contribution in [0.15, 0.2) is 47.6 Å². The molecule has 0 saturated carbocycles. The second-order valence-corrected chi connectivity index (χ2v) is 6.72. The number of methoxy groups -OCH3 is 1. The lowest BCUT2D eigenvalue weighted by Gasteiger charge is -2.17. The maximum atomic E-state index is 12.6. The highest BCUT2D eigenvalue weighted by molar-refractivity contribution is 7.89. The summed E-state index contributed by atoms with van der Waals surface area (Å²) in [4.78, 5) is 13.9. The van der Waals surface area contributed by atoms with E-state index in [1.54, 1.807) is 24.5 Å². The van der Waals surface area contributed by atoms with Gasteiger partial charge in [0.2, 0.25) is 10.0 Å². The molecule has 0 amide bonds. The lowest BCUT2D eigenvalue weighted by atomic mass is 10.3. The number of hydrogen-bond acceptors (Lipinski definition) is 6. The monoisotopic (exact) mass is 337 g/mol. The summed E-state index contributed by atoms with van der Waals surface area (Å²) in [6.07, 6.45) is 3.09. The van der Waals surface area contributed by atoms with E-state index < -0.39 is 20.6 Å². The summed E-state index contributed by atoms with van der Waals surface area (Å²) < 4.78 is 31.2. The normalized spacial score (nSPS) is 11.4.